The zero-order chi connectivity index (χ0) is 23.8. The molecule has 0 aromatic heterocycles. The third-order valence-electron chi connectivity index (χ3n) is 7.21. The molecule has 0 saturated carbocycles. The molecule has 1 unspecified atom stereocenters. The summed E-state index contributed by atoms with van der Waals surface area (Å²) in [6, 6.07) is 13.8. The van der Waals surface area contributed by atoms with Gasteiger partial charge < -0.3 is 4.90 Å². The number of carbonyl (C=O) groups excluding carboxylic acids is 1. The van der Waals surface area contributed by atoms with E-state index < -0.39 is 11.7 Å². The molecule has 1 atom stereocenters. The maximum absolute atomic E-state index is 13.2. The fourth-order valence-electron chi connectivity index (χ4n) is 5.56. The van der Waals surface area contributed by atoms with Gasteiger partial charge in [-0.15, -0.1) is 10.6 Å². The zero-order valence-electron chi connectivity index (χ0n) is 18.5. The lowest BCUT2D eigenvalue weighted by Crippen LogP contribution is -2.44. The van der Waals surface area contributed by atoms with Crippen molar-refractivity contribution in [3.05, 3.63) is 76.9 Å². The first-order chi connectivity index (χ1) is 16.4. The number of benzene rings is 2. The molecule has 2 aromatic carbocycles. The number of halogens is 3. The van der Waals surface area contributed by atoms with E-state index in [4.69, 9.17) is 0 Å². The lowest BCUT2D eigenvalue weighted by Gasteiger charge is -2.40. The monoisotopic (exact) mass is 469 g/mol. The van der Waals surface area contributed by atoms with E-state index in [0.29, 0.717) is 19.0 Å². The number of piperidine rings is 1. The van der Waals surface area contributed by atoms with Gasteiger partial charge in [0.1, 0.15) is 5.84 Å². The molecule has 2 heterocycles. The van der Waals surface area contributed by atoms with Crippen LogP contribution in [0.25, 0.3) is 6.08 Å². The molecule has 1 spiro atoms. The number of carbonyl (C=O) groups is 1. The number of likely N-dealkylation sites (tertiary alicyclic amines) is 1. The van der Waals surface area contributed by atoms with Crippen LogP contribution in [0.15, 0.2) is 59.7 Å². The molecule has 2 aromatic rings. The zero-order valence-corrected chi connectivity index (χ0v) is 18.5. The Bertz CT molecular complexity index is 1140. The molecule has 1 amide bonds. The summed E-state index contributed by atoms with van der Waals surface area (Å²) in [4.78, 5) is 14.5. The van der Waals surface area contributed by atoms with E-state index in [1.54, 1.807) is 4.90 Å². The van der Waals surface area contributed by atoms with Crippen molar-refractivity contribution in [3.63, 3.8) is 0 Å². The van der Waals surface area contributed by atoms with Crippen molar-refractivity contribution < 1.29 is 18.0 Å². The summed E-state index contributed by atoms with van der Waals surface area (Å²) >= 11 is 0. The fraction of sp³-hybridized carbons (Fsp3) is 0.360. The predicted molar refractivity (Wildman–Crippen MR) is 123 cm³/mol. The minimum absolute atomic E-state index is 0.00296. The van der Waals surface area contributed by atoms with Gasteiger partial charge in [0.05, 0.1) is 5.56 Å². The van der Waals surface area contributed by atoms with Crippen LogP contribution in [0, 0.1) is 0 Å². The maximum Gasteiger partial charge on any atom is 0.416 e. The first-order valence-corrected chi connectivity index (χ1v) is 11.4. The van der Waals surface area contributed by atoms with Crippen molar-refractivity contribution in [3.8, 4) is 0 Å². The Hall–Kier alpha value is -3.33. The number of hydrogen-bond acceptors (Lipinski definition) is 5. The maximum atomic E-state index is 13.2. The van der Waals surface area contributed by atoms with Gasteiger partial charge in [0, 0.05) is 25.6 Å². The number of amidine groups is 1. The summed E-state index contributed by atoms with van der Waals surface area (Å²) in [5.41, 5.74) is 10.5. The lowest BCUT2D eigenvalue weighted by atomic mass is 9.73. The smallest absolute Gasteiger partial charge is 0.339 e. The van der Waals surface area contributed by atoms with Crippen LogP contribution in [0.3, 0.4) is 0 Å². The second-order valence-electron chi connectivity index (χ2n) is 9.14. The normalized spacial score (nSPS) is 21.3. The Morgan fingerprint density at radius 2 is 1.85 bits per heavy atom. The van der Waals surface area contributed by atoms with Gasteiger partial charge in [-0.2, -0.15) is 13.2 Å². The predicted octanol–water partition coefficient (Wildman–Crippen LogP) is 4.08. The topological polar surface area (TPSA) is 68.8 Å². The van der Waals surface area contributed by atoms with E-state index in [2.05, 4.69) is 45.9 Å². The summed E-state index contributed by atoms with van der Waals surface area (Å²) in [5.74, 6) is 0.954. The van der Waals surface area contributed by atoms with Crippen molar-refractivity contribution in [1.82, 2.24) is 21.4 Å². The quantitative estimate of drug-likeness (QED) is 0.591. The summed E-state index contributed by atoms with van der Waals surface area (Å²) < 4.78 is 39.7. The van der Waals surface area contributed by atoms with Gasteiger partial charge in [0.2, 0.25) is 5.91 Å². The van der Waals surface area contributed by atoms with Crippen molar-refractivity contribution in [2.45, 2.75) is 43.2 Å². The highest BCUT2D eigenvalue weighted by molar-refractivity contribution is 5.92. The molecule has 178 valence electrons. The molecule has 2 aliphatic heterocycles. The van der Waals surface area contributed by atoms with E-state index in [-0.39, 0.29) is 16.9 Å². The minimum Gasteiger partial charge on any atom is -0.339 e. The Balaban J connectivity index is 1.27. The molecule has 6 nitrogen and oxygen atoms in total. The average Bonchev–Trinajstić information content (AvgIpc) is 3.45. The van der Waals surface area contributed by atoms with Gasteiger partial charge >= 0.3 is 6.18 Å². The standard InChI is InChI=1S/C25H26F3N5O/c26-25(27,28)20-7-3-1-5-17(20)9-10-23(34)33-13-11-24(12-14-33)16-18(15-22-29-31-32-30-22)19-6-2-4-8-21(19)24/h1-10,18,31-32H,11-16H2,(H,29,30)/b10-9+. The van der Waals surface area contributed by atoms with Crippen LogP contribution in [-0.4, -0.2) is 29.7 Å². The first-order valence-electron chi connectivity index (χ1n) is 11.4. The number of rotatable bonds is 4. The van der Waals surface area contributed by atoms with Crippen LogP contribution in [0.1, 0.15) is 53.9 Å². The number of hydrazone groups is 1. The number of amides is 1. The molecule has 1 fully saturated rings. The fourth-order valence-corrected chi connectivity index (χ4v) is 5.56. The molecule has 3 N–H and O–H groups in total. The minimum atomic E-state index is -4.46. The van der Waals surface area contributed by atoms with Crippen molar-refractivity contribution >= 4 is 17.8 Å². The van der Waals surface area contributed by atoms with Crippen molar-refractivity contribution in [1.29, 1.82) is 0 Å². The Morgan fingerprint density at radius 1 is 1.12 bits per heavy atom. The number of alkyl halides is 3. The van der Waals surface area contributed by atoms with E-state index in [1.807, 2.05) is 0 Å². The first kappa shape index (κ1) is 22.5. The van der Waals surface area contributed by atoms with Crippen LogP contribution in [-0.2, 0) is 16.4 Å². The number of fused-ring (bicyclic) bond motifs is 2. The van der Waals surface area contributed by atoms with Gasteiger partial charge in [-0.05, 0) is 59.4 Å². The highest BCUT2D eigenvalue weighted by atomic mass is 19.4. The second kappa shape index (κ2) is 8.79. The number of hydrazine groups is 2. The number of nitrogens with zero attached hydrogens (tertiary/aromatic N) is 2. The summed E-state index contributed by atoms with van der Waals surface area (Å²) in [5, 5.41) is 4.22. The third kappa shape index (κ3) is 4.27. The van der Waals surface area contributed by atoms with Crippen LogP contribution >= 0.6 is 0 Å². The van der Waals surface area contributed by atoms with E-state index in [9.17, 15) is 18.0 Å². The molecule has 34 heavy (non-hydrogen) atoms. The van der Waals surface area contributed by atoms with E-state index in [0.717, 1.165) is 37.6 Å². The van der Waals surface area contributed by atoms with Crippen LogP contribution < -0.4 is 16.5 Å². The van der Waals surface area contributed by atoms with Gasteiger partial charge in [-0.1, -0.05) is 42.5 Å². The van der Waals surface area contributed by atoms with Gasteiger partial charge in [-0.25, -0.2) is 5.53 Å². The van der Waals surface area contributed by atoms with Gasteiger partial charge in [-0.3, -0.25) is 10.2 Å². The molecule has 1 saturated heterocycles. The molecule has 0 bridgehead atoms. The van der Waals surface area contributed by atoms with Crippen molar-refractivity contribution in [2.24, 2.45) is 5.10 Å². The molecule has 0 radical (unpaired) electrons. The molecule has 1 aliphatic carbocycles. The molecule has 3 aliphatic rings. The van der Waals surface area contributed by atoms with Gasteiger partial charge in [0.25, 0.3) is 0 Å². The molecular weight excluding hydrogens is 443 g/mol. The summed E-state index contributed by atoms with van der Waals surface area (Å²) in [6.07, 6.45) is 1.52. The number of hydrogen-bond donors (Lipinski definition) is 3. The van der Waals surface area contributed by atoms with Crippen LogP contribution in [0.5, 0.6) is 0 Å². The molecular formula is C25H26F3N5O. The van der Waals surface area contributed by atoms with E-state index in [1.165, 1.54) is 41.5 Å². The summed E-state index contributed by atoms with van der Waals surface area (Å²) in [6.45, 7) is 1.15. The Kier molecular flexibility index (Phi) is 5.81. The van der Waals surface area contributed by atoms with Crippen molar-refractivity contribution in [2.75, 3.05) is 13.1 Å². The average molecular weight is 470 g/mol. The van der Waals surface area contributed by atoms with E-state index >= 15 is 0 Å². The van der Waals surface area contributed by atoms with Gasteiger partial charge in [0.15, 0.2) is 0 Å². The highest BCUT2D eigenvalue weighted by Crippen LogP contribution is 2.52. The SMILES string of the molecule is O=C(/C=C/c1ccccc1C(F)(F)F)N1CCC2(CC1)CC(CC1=NNNN1)c1ccccc12. The van der Waals surface area contributed by atoms with Crippen LogP contribution in [0.4, 0.5) is 13.2 Å². The second-order valence-corrected chi connectivity index (χ2v) is 9.14. The molecule has 5 rings (SSSR count). The number of nitrogens with one attached hydrogen (secondary N) is 3. The molecule has 9 heteroatoms. The summed E-state index contributed by atoms with van der Waals surface area (Å²) in [7, 11) is 0. The Morgan fingerprint density at radius 3 is 2.59 bits per heavy atom. The third-order valence-corrected chi connectivity index (χ3v) is 7.21. The highest BCUT2D eigenvalue weighted by Gasteiger charge is 2.46. The van der Waals surface area contributed by atoms with Crippen LogP contribution in [0.2, 0.25) is 0 Å². The Labute approximate surface area is 195 Å². The lowest BCUT2D eigenvalue weighted by molar-refractivity contribution is -0.137. The largest absolute Gasteiger partial charge is 0.416 e.